The molecule has 0 amide bonds. The van der Waals surface area contributed by atoms with Crippen molar-refractivity contribution < 1.29 is 0 Å². The molecule has 0 aliphatic rings. The average Bonchev–Trinajstić information content (AvgIpc) is 3.01. The van der Waals surface area contributed by atoms with Crippen LogP contribution in [0, 0.1) is 6.92 Å². The molecule has 1 aromatic carbocycles. The Morgan fingerprint density at radius 2 is 2.15 bits per heavy atom. The number of H-pyrrole nitrogens is 1. The number of aryl methyl sites for hydroxylation is 1. The number of hydrogen-bond donors (Lipinski definition) is 2. The highest BCUT2D eigenvalue weighted by Crippen LogP contribution is 2.18. The van der Waals surface area contributed by atoms with Gasteiger partial charge in [0.2, 0.25) is 5.82 Å². The first-order valence-corrected chi connectivity index (χ1v) is 6.30. The second-order valence-corrected chi connectivity index (χ2v) is 4.48. The lowest BCUT2D eigenvalue weighted by Gasteiger charge is -2.07. The van der Waals surface area contributed by atoms with Gasteiger partial charge in [-0.25, -0.2) is 0 Å². The summed E-state index contributed by atoms with van der Waals surface area (Å²) in [6, 6.07) is 12.0. The topological polar surface area (TPSA) is 79.4 Å². The van der Waals surface area contributed by atoms with Crippen molar-refractivity contribution in [2.45, 2.75) is 13.5 Å². The number of nitrogens with one attached hydrogen (secondary N) is 2. The van der Waals surface area contributed by atoms with Gasteiger partial charge in [-0.2, -0.15) is 5.21 Å². The summed E-state index contributed by atoms with van der Waals surface area (Å²) in [5, 5.41) is 17.3. The predicted octanol–water partition coefficient (Wildman–Crippen LogP) is 2.18. The number of pyridine rings is 1. The molecule has 6 heteroatoms. The molecule has 20 heavy (non-hydrogen) atoms. The van der Waals surface area contributed by atoms with Gasteiger partial charge in [0.25, 0.3) is 0 Å². The van der Waals surface area contributed by atoms with Crippen LogP contribution in [0.15, 0.2) is 42.6 Å². The fourth-order valence-corrected chi connectivity index (χ4v) is 1.86. The molecule has 6 nitrogen and oxygen atoms in total. The number of aromatic nitrogens is 5. The number of anilines is 1. The Labute approximate surface area is 116 Å². The number of rotatable bonds is 4. The van der Waals surface area contributed by atoms with Crippen molar-refractivity contribution in [3.05, 3.63) is 53.9 Å². The molecule has 2 aromatic heterocycles. The summed E-state index contributed by atoms with van der Waals surface area (Å²) in [5.74, 6) is 0.589. The normalized spacial score (nSPS) is 10.4. The van der Waals surface area contributed by atoms with E-state index in [9.17, 15) is 0 Å². The molecular formula is C14H14N6. The molecule has 0 fully saturated rings. The Hall–Kier alpha value is -2.76. The summed E-state index contributed by atoms with van der Waals surface area (Å²) in [5.41, 5.74) is 4.09. The maximum absolute atomic E-state index is 4.28. The van der Waals surface area contributed by atoms with Gasteiger partial charge in [-0.15, -0.1) is 10.2 Å². The molecule has 0 aliphatic heterocycles. The van der Waals surface area contributed by atoms with E-state index >= 15 is 0 Å². The quantitative estimate of drug-likeness (QED) is 0.756. The zero-order chi connectivity index (χ0) is 13.8. The number of tetrazole rings is 1. The van der Waals surface area contributed by atoms with Crippen LogP contribution in [0.2, 0.25) is 0 Å². The van der Waals surface area contributed by atoms with Gasteiger partial charge < -0.3 is 5.32 Å². The summed E-state index contributed by atoms with van der Waals surface area (Å²) >= 11 is 0. The Bertz CT molecular complexity index is 675. The van der Waals surface area contributed by atoms with E-state index < -0.39 is 0 Å². The summed E-state index contributed by atoms with van der Waals surface area (Å²) in [6.45, 7) is 2.70. The van der Waals surface area contributed by atoms with Gasteiger partial charge in [0.05, 0.1) is 0 Å². The Morgan fingerprint density at radius 3 is 2.90 bits per heavy atom. The molecule has 3 aromatic rings. The molecular weight excluding hydrogens is 252 g/mol. The van der Waals surface area contributed by atoms with Crippen molar-refractivity contribution in [3.63, 3.8) is 0 Å². The number of aromatic amines is 1. The molecule has 0 aliphatic carbocycles. The molecule has 0 saturated heterocycles. The molecule has 0 bridgehead atoms. The van der Waals surface area contributed by atoms with Crippen LogP contribution in [0.5, 0.6) is 0 Å². The van der Waals surface area contributed by atoms with E-state index in [-0.39, 0.29) is 0 Å². The van der Waals surface area contributed by atoms with E-state index in [4.69, 9.17) is 0 Å². The van der Waals surface area contributed by atoms with Crippen LogP contribution in [-0.2, 0) is 6.54 Å². The molecule has 3 rings (SSSR count). The third-order valence-electron chi connectivity index (χ3n) is 2.94. The largest absolute Gasteiger partial charge is 0.381 e. The second kappa shape index (κ2) is 5.48. The number of nitrogens with zero attached hydrogens (tertiary/aromatic N) is 4. The van der Waals surface area contributed by atoms with E-state index in [0.717, 1.165) is 29.1 Å². The summed E-state index contributed by atoms with van der Waals surface area (Å²) in [7, 11) is 0. The summed E-state index contributed by atoms with van der Waals surface area (Å²) in [4.78, 5) is 4.28. The van der Waals surface area contributed by atoms with E-state index in [1.165, 1.54) is 0 Å². The second-order valence-electron chi connectivity index (χ2n) is 4.48. The first kappa shape index (κ1) is 12.3. The van der Waals surface area contributed by atoms with E-state index in [1.807, 2.05) is 43.5 Å². The van der Waals surface area contributed by atoms with Gasteiger partial charge in [0.15, 0.2) is 0 Å². The minimum Gasteiger partial charge on any atom is -0.381 e. The lowest BCUT2D eigenvalue weighted by atomic mass is 10.2. The molecule has 0 radical (unpaired) electrons. The van der Waals surface area contributed by atoms with E-state index in [0.29, 0.717) is 5.82 Å². The predicted molar refractivity (Wildman–Crippen MR) is 75.9 cm³/mol. The van der Waals surface area contributed by atoms with Crippen molar-refractivity contribution in [3.8, 4) is 11.4 Å². The number of hydrogen-bond acceptors (Lipinski definition) is 5. The SMILES string of the molecule is Cc1ccc(CNc2cccc(-c3nn[nH]n3)c2)cn1. The third-order valence-corrected chi connectivity index (χ3v) is 2.94. The van der Waals surface area contributed by atoms with Gasteiger partial charge in [0.1, 0.15) is 0 Å². The van der Waals surface area contributed by atoms with Crippen molar-refractivity contribution in [2.75, 3.05) is 5.32 Å². The maximum Gasteiger partial charge on any atom is 0.204 e. The zero-order valence-corrected chi connectivity index (χ0v) is 11.0. The molecule has 0 unspecified atom stereocenters. The first-order chi connectivity index (χ1) is 9.81. The van der Waals surface area contributed by atoms with Gasteiger partial charge in [0, 0.05) is 29.7 Å². The van der Waals surface area contributed by atoms with Crippen molar-refractivity contribution in [1.82, 2.24) is 25.6 Å². The Balaban J connectivity index is 1.72. The molecule has 2 heterocycles. The highest BCUT2D eigenvalue weighted by atomic mass is 15.5. The molecule has 0 spiro atoms. The highest BCUT2D eigenvalue weighted by molar-refractivity contribution is 5.61. The minimum absolute atomic E-state index is 0.589. The van der Waals surface area contributed by atoms with E-state index in [2.05, 4.69) is 37.0 Å². The van der Waals surface area contributed by atoms with Crippen molar-refractivity contribution in [2.24, 2.45) is 0 Å². The monoisotopic (exact) mass is 266 g/mol. The average molecular weight is 266 g/mol. The fraction of sp³-hybridized carbons (Fsp3) is 0.143. The van der Waals surface area contributed by atoms with Crippen LogP contribution in [0.25, 0.3) is 11.4 Å². The minimum atomic E-state index is 0.589. The smallest absolute Gasteiger partial charge is 0.204 e. The van der Waals surface area contributed by atoms with Crippen LogP contribution < -0.4 is 5.32 Å². The van der Waals surface area contributed by atoms with Crippen LogP contribution in [0.4, 0.5) is 5.69 Å². The molecule has 0 atom stereocenters. The van der Waals surface area contributed by atoms with Crippen molar-refractivity contribution in [1.29, 1.82) is 0 Å². The third kappa shape index (κ3) is 2.80. The lowest BCUT2D eigenvalue weighted by molar-refractivity contribution is 0.881. The standard InChI is InChI=1S/C14H14N6/c1-10-5-6-11(8-15-10)9-16-13-4-2-3-12(7-13)14-17-19-20-18-14/h2-8,16H,9H2,1H3,(H,17,18,19,20). The molecule has 0 saturated carbocycles. The Morgan fingerprint density at radius 1 is 1.20 bits per heavy atom. The zero-order valence-electron chi connectivity index (χ0n) is 11.0. The van der Waals surface area contributed by atoms with Crippen molar-refractivity contribution >= 4 is 5.69 Å². The van der Waals surface area contributed by atoms with Crippen LogP contribution in [0.1, 0.15) is 11.3 Å². The van der Waals surface area contributed by atoms with Gasteiger partial charge in [-0.3, -0.25) is 4.98 Å². The maximum atomic E-state index is 4.28. The fourth-order valence-electron chi connectivity index (χ4n) is 1.86. The highest BCUT2D eigenvalue weighted by Gasteiger charge is 2.03. The van der Waals surface area contributed by atoms with Crippen LogP contribution in [-0.4, -0.2) is 25.6 Å². The van der Waals surface area contributed by atoms with E-state index in [1.54, 1.807) is 0 Å². The van der Waals surface area contributed by atoms with Crippen LogP contribution >= 0.6 is 0 Å². The summed E-state index contributed by atoms with van der Waals surface area (Å²) in [6.07, 6.45) is 1.88. The summed E-state index contributed by atoms with van der Waals surface area (Å²) < 4.78 is 0. The molecule has 100 valence electrons. The van der Waals surface area contributed by atoms with Gasteiger partial charge in [-0.05, 0) is 35.9 Å². The molecule has 2 N–H and O–H groups in total. The number of benzene rings is 1. The van der Waals surface area contributed by atoms with Gasteiger partial charge in [-0.1, -0.05) is 18.2 Å². The van der Waals surface area contributed by atoms with Crippen LogP contribution in [0.3, 0.4) is 0 Å². The lowest BCUT2D eigenvalue weighted by Crippen LogP contribution is -2.00. The Kier molecular flexibility index (Phi) is 3.36. The first-order valence-electron chi connectivity index (χ1n) is 6.30. The van der Waals surface area contributed by atoms with Gasteiger partial charge >= 0.3 is 0 Å².